The molecule has 142 valence electrons. The number of rotatable bonds is 4. The fraction of sp³-hybridized carbons (Fsp3) is 0.409. The number of hydrogen-bond donors (Lipinski definition) is 1. The van der Waals surface area contributed by atoms with E-state index in [9.17, 15) is 0 Å². The first-order chi connectivity index (χ1) is 12.6. The van der Waals surface area contributed by atoms with E-state index in [1.54, 1.807) is 0 Å². The third-order valence-corrected chi connectivity index (χ3v) is 4.57. The molecule has 0 aliphatic heterocycles. The monoisotopic (exact) mass is 364 g/mol. The van der Waals surface area contributed by atoms with E-state index in [0.717, 1.165) is 16.9 Å². The molecule has 0 unspecified atom stereocenters. The van der Waals surface area contributed by atoms with Crippen LogP contribution >= 0.6 is 0 Å². The Labute approximate surface area is 161 Å². The Morgan fingerprint density at radius 1 is 0.889 bits per heavy atom. The van der Waals surface area contributed by atoms with E-state index in [-0.39, 0.29) is 10.8 Å². The molecule has 5 heteroatoms. The largest absolute Gasteiger partial charge is 0.489 e. The van der Waals surface area contributed by atoms with Gasteiger partial charge in [0.25, 0.3) is 0 Å². The third kappa shape index (κ3) is 4.73. The van der Waals surface area contributed by atoms with Crippen molar-refractivity contribution in [2.75, 3.05) is 0 Å². The maximum atomic E-state index is 6.17. The summed E-state index contributed by atoms with van der Waals surface area (Å²) < 4.78 is 6.17. The number of nitrogens with zero attached hydrogens (tertiary/aromatic N) is 3. The number of H-pyrrole nitrogens is 1. The summed E-state index contributed by atoms with van der Waals surface area (Å²) in [4.78, 5) is 0. The molecule has 27 heavy (non-hydrogen) atoms. The van der Waals surface area contributed by atoms with Crippen LogP contribution in [0.5, 0.6) is 5.75 Å². The van der Waals surface area contributed by atoms with Gasteiger partial charge in [0.15, 0.2) is 0 Å². The maximum Gasteiger partial charge on any atom is 0.204 e. The minimum absolute atomic E-state index is 0.0674. The second kappa shape index (κ2) is 7.14. The summed E-state index contributed by atoms with van der Waals surface area (Å²) in [5.41, 5.74) is 4.69. The fourth-order valence-electron chi connectivity index (χ4n) is 2.80. The van der Waals surface area contributed by atoms with Gasteiger partial charge in [0.2, 0.25) is 5.82 Å². The number of tetrazole rings is 1. The van der Waals surface area contributed by atoms with Gasteiger partial charge < -0.3 is 4.74 Å². The maximum absolute atomic E-state index is 6.17. The van der Waals surface area contributed by atoms with Gasteiger partial charge in [0.1, 0.15) is 12.4 Å². The predicted octanol–water partition coefficient (Wildman–Crippen LogP) is 5.04. The highest BCUT2D eigenvalue weighted by molar-refractivity contribution is 5.54. The van der Waals surface area contributed by atoms with Crippen molar-refractivity contribution in [3.05, 3.63) is 59.2 Å². The molecule has 0 aliphatic carbocycles. The molecule has 3 rings (SSSR count). The second-order valence-electron chi connectivity index (χ2n) is 8.97. The smallest absolute Gasteiger partial charge is 0.204 e. The molecule has 2 aromatic carbocycles. The number of benzene rings is 2. The van der Waals surface area contributed by atoms with Crippen molar-refractivity contribution >= 4 is 0 Å². The van der Waals surface area contributed by atoms with Crippen LogP contribution in [0.3, 0.4) is 0 Å². The van der Waals surface area contributed by atoms with Crippen molar-refractivity contribution in [1.82, 2.24) is 20.6 Å². The van der Waals surface area contributed by atoms with Gasteiger partial charge in [0.05, 0.1) is 0 Å². The average molecular weight is 364 g/mol. The summed E-state index contributed by atoms with van der Waals surface area (Å²) in [5, 5.41) is 14.2. The lowest BCUT2D eigenvalue weighted by molar-refractivity contribution is 0.304. The Balaban J connectivity index is 1.84. The SMILES string of the molecule is CC(C)(C)c1cc(OCc2cccc(-c3nn[nH]n3)c2)cc(C(C)(C)C)c1. The van der Waals surface area contributed by atoms with E-state index >= 15 is 0 Å². The molecular weight excluding hydrogens is 336 g/mol. The van der Waals surface area contributed by atoms with Gasteiger partial charge in [-0.15, -0.1) is 10.2 Å². The summed E-state index contributed by atoms with van der Waals surface area (Å²) in [6, 6.07) is 14.6. The first-order valence-corrected chi connectivity index (χ1v) is 9.24. The summed E-state index contributed by atoms with van der Waals surface area (Å²) in [6.07, 6.45) is 0. The molecule has 0 radical (unpaired) electrons. The normalized spacial score (nSPS) is 12.2. The minimum Gasteiger partial charge on any atom is -0.489 e. The van der Waals surface area contributed by atoms with Crippen molar-refractivity contribution < 1.29 is 4.74 Å². The van der Waals surface area contributed by atoms with Gasteiger partial charge >= 0.3 is 0 Å². The van der Waals surface area contributed by atoms with Crippen molar-refractivity contribution in [2.24, 2.45) is 0 Å². The molecule has 0 aliphatic rings. The van der Waals surface area contributed by atoms with Crippen LogP contribution in [-0.2, 0) is 17.4 Å². The summed E-state index contributed by atoms with van der Waals surface area (Å²) in [7, 11) is 0. The van der Waals surface area contributed by atoms with E-state index in [1.807, 2.05) is 24.3 Å². The van der Waals surface area contributed by atoms with Gasteiger partial charge in [-0.25, -0.2) is 0 Å². The molecule has 3 aromatic rings. The Morgan fingerprint density at radius 2 is 1.56 bits per heavy atom. The predicted molar refractivity (Wildman–Crippen MR) is 108 cm³/mol. The summed E-state index contributed by atoms with van der Waals surface area (Å²) in [6.45, 7) is 13.9. The molecule has 1 heterocycles. The van der Waals surface area contributed by atoms with Gasteiger partial charge in [-0.05, 0) is 50.9 Å². The van der Waals surface area contributed by atoms with E-state index in [2.05, 4.69) is 80.4 Å². The van der Waals surface area contributed by atoms with Crippen LogP contribution in [0.4, 0.5) is 0 Å². The Hall–Kier alpha value is -2.69. The zero-order valence-corrected chi connectivity index (χ0v) is 17.0. The zero-order valence-electron chi connectivity index (χ0n) is 17.0. The highest BCUT2D eigenvalue weighted by Crippen LogP contribution is 2.33. The lowest BCUT2D eigenvalue weighted by Gasteiger charge is -2.26. The van der Waals surface area contributed by atoms with Crippen LogP contribution in [0, 0.1) is 0 Å². The van der Waals surface area contributed by atoms with Gasteiger partial charge in [-0.1, -0.05) is 65.8 Å². The van der Waals surface area contributed by atoms with Crippen LogP contribution in [-0.4, -0.2) is 20.6 Å². The molecule has 0 atom stereocenters. The molecule has 1 N–H and O–H groups in total. The molecule has 0 saturated heterocycles. The van der Waals surface area contributed by atoms with Crippen LogP contribution in [0.1, 0.15) is 58.2 Å². The molecule has 0 fully saturated rings. The molecule has 5 nitrogen and oxygen atoms in total. The molecule has 0 spiro atoms. The number of aromatic nitrogens is 4. The zero-order chi connectivity index (χ0) is 19.7. The van der Waals surface area contributed by atoms with Crippen molar-refractivity contribution in [2.45, 2.75) is 59.0 Å². The Bertz CT molecular complexity index is 871. The van der Waals surface area contributed by atoms with Gasteiger partial charge in [-0.3, -0.25) is 0 Å². The van der Waals surface area contributed by atoms with Crippen LogP contribution in [0.15, 0.2) is 42.5 Å². The number of hydrogen-bond acceptors (Lipinski definition) is 4. The fourth-order valence-corrected chi connectivity index (χ4v) is 2.80. The number of nitrogens with one attached hydrogen (secondary N) is 1. The number of ether oxygens (including phenoxy) is 1. The van der Waals surface area contributed by atoms with Gasteiger partial charge in [-0.2, -0.15) is 5.21 Å². The van der Waals surface area contributed by atoms with Crippen molar-refractivity contribution in [1.29, 1.82) is 0 Å². The van der Waals surface area contributed by atoms with E-state index in [1.165, 1.54) is 11.1 Å². The van der Waals surface area contributed by atoms with E-state index < -0.39 is 0 Å². The van der Waals surface area contributed by atoms with E-state index in [4.69, 9.17) is 4.74 Å². The molecule has 0 amide bonds. The highest BCUT2D eigenvalue weighted by atomic mass is 16.5. The number of aromatic amines is 1. The minimum atomic E-state index is 0.0674. The second-order valence-corrected chi connectivity index (χ2v) is 8.97. The average Bonchev–Trinajstić information content (AvgIpc) is 3.13. The van der Waals surface area contributed by atoms with Gasteiger partial charge in [0, 0.05) is 5.56 Å². The highest BCUT2D eigenvalue weighted by Gasteiger charge is 2.21. The lowest BCUT2D eigenvalue weighted by Crippen LogP contribution is -2.16. The van der Waals surface area contributed by atoms with Crippen molar-refractivity contribution in [3.63, 3.8) is 0 Å². The molecular formula is C22H28N4O. The quantitative estimate of drug-likeness (QED) is 0.704. The third-order valence-electron chi connectivity index (χ3n) is 4.57. The van der Waals surface area contributed by atoms with Crippen LogP contribution in [0.25, 0.3) is 11.4 Å². The summed E-state index contributed by atoms with van der Waals surface area (Å²) in [5.74, 6) is 1.49. The Morgan fingerprint density at radius 3 is 2.11 bits per heavy atom. The first-order valence-electron chi connectivity index (χ1n) is 9.24. The van der Waals surface area contributed by atoms with E-state index in [0.29, 0.717) is 12.4 Å². The van der Waals surface area contributed by atoms with Crippen LogP contribution in [0.2, 0.25) is 0 Å². The molecule has 0 saturated carbocycles. The lowest BCUT2D eigenvalue weighted by atomic mass is 9.80. The molecule has 0 bridgehead atoms. The summed E-state index contributed by atoms with van der Waals surface area (Å²) >= 11 is 0. The topological polar surface area (TPSA) is 63.7 Å². The standard InChI is InChI=1S/C22H28N4O/c1-21(2,3)17-11-18(22(4,5)6)13-19(12-17)27-14-15-8-7-9-16(10-15)20-23-25-26-24-20/h7-13H,14H2,1-6H3,(H,23,24,25,26). The van der Waals surface area contributed by atoms with Crippen LogP contribution < -0.4 is 4.74 Å². The van der Waals surface area contributed by atoms with Crippen molar-refractivity contribution in [3.8, 4) is 17.1 Å². The molecule has 1 aromatic heterocycles. The first kappa shape index (κ1) is 19.1. The Kier molecular flexibility index (Phi) is 5.05.